The highest BCUT2D eigenvalue weighted by Crippen LogP contribution is 2.09. The van der Waals surface area contributed by atoms with E-state index in [0.717, 1.165) is 18.5 Å². The van der Waals surface area contributed by atoms with Gasteiger partial charge in [0.15, 0.2) is 5.78 Å². The maximum absolute atomic E-state index is 11.9. The van der Waals surface area contributed by atoms with Gasteiger partial charge in [-0.3, -0.25) is 4.79 Å². The summed E-state index contributed by atoms with van der Waals surface area (Å²) in [6.45, 7) is 7.88. The van der Waals surface area contributed by atoms with Crippen molar-refractivity contribution in [3.63, 3.8) is 0 Å². The molecule has 0 fully saturated rings. The Balaban J connectivity index is 2.49. The number of ketones is 1. The van der Waals surface area contributed by atoms with Crippen LogP contribution in [-0.4, -0.2) is 25.0 Å². The molecule has 1 aromatic rings. The zero-order chi connectivity index (χ0) is 14.3. The first-order valence-corrected chi connectivity index (χ1v) is 6.78. The van der Waals surface area contributed by atoms with Crippen molar-refractivity contribution in [1.82, 2.24) is 5.32 Å². The summed E-state index contributed by atoms with van der Waals surface area (Å²) < 4.78 is 4.95. The van der Waals surface area contributed by atoms with Gasteiger partial charge in [-0.2, -0.15) is 0 Å². The fourth-order valence-corrected chi connectivity index (χ4v) is 1.70. The van der Waals surface area contributed by atoms with Gasteiger partial charge in [-0.25, -0.2) is 0 Å². The van der Waals surface area contributed by atoms with E-state index in [1.54, 1.807) is 7.11 Å². The number of hydrogen-bond acceptors (Lipinski definition) is 3. The van der Waals surface area contributed by atoms with E-state index in [1.807, 2.05) is 24.3 Å². The molecule has 0 amide bonds. The normalized spacial score (nSPS) is 11.6. The summed E-state index contributed by atoms with van der Waals surface area (Å²) in [6.07, 6.45) is 1.33. The van der Waals surface area contributed by atoms with Crippen LogP contribution in [-0.2, 0) is 11.3 Å². The molecule has 0 bridgehead atoms. The van der Waals surface area contributed by atoms with Crippen molar-refractivity contribution in [2.45, 2.75) is 45.7 Å². The molecule has 0 saturated heterocycles. The van der Waals surface area contributed by atoms with Gasteiger partial charge in [0.2, 0.25) is 0 Å². The average Bonchev–Trinajstić information content (AvgIpc) is 2.36. The second-order valence-corrected chi connectivity index (χ2v) is 5.82. The highest BCUT2D eigenvalue weighted by Gasteiger charge is 2.09. The largest absolute Gasteiger partial charge is 0.385 e. The predicted octanol–water partition coefficient (Wildman–Crippen LogP) is 3.18. The number of rotatable bonds is 7. The Hall–Kier alpha value is -1.19. The lowest BCUT2D eigenvalue weighted by Crippen LogP contribution is -2.35. The van der Waals surface area contributed by atoms with Crippen LogP contribution < -0.4 is 5.32 Å². The molecular weight excluding hydrogens is 238 g/mol. The SMILES string of the molecule is COCCCC(=O)c1ccc(CNC(C)(C)C)cc1. The molecule has 1 rings (SSSR count). The number of ether oxygens (including phenoxy) is 1. The first-order chi connectivity index (χ1) is 8.92. The van der Waals surface area contributed by atoms with Crippen molar-refractivity contribution < 1.29 is 9.53 Å². The van der Waals surface area contributed by atoms with Gasteiger partial charge >= 0.3 is 0 Å². The maximum Gasteiger partial charge on any atom is 0.162 e. The van der Waals surface area contributed by atoms with Crippen LogP contribution in [0.1, 0.15) is 49.5 Å². The van der Waals surface area contributed by atoms with Crippen LogP contribution in [0.15, 0.2) is 24.3 Å². The number of Topliss-reactive ketones (excluding diaryl/α,β-unsaturated/α-hetero) is 1. The third-order valence-electron chi connectivity index (χ3n) is 2.85. The van der Waals surface area contributed by atoms with Crippen LogP contribution in [0.25, 0.3) is 0 Å². The second-order valence-electron chi connectivity index (χ2n) is 5.82. The molecule has 0 heterocycles. The zero-order valence-corrected chi connectivity index (χ0v) is 12.5. The minimum Gasteiger partial charge on any atom is -0.385 e. The number of nitrogens with one attached hydrogen (secondary N) is 1. The van der Waals surface area contributed by atoms with E-state index in [0.29, 0.717) is 13.0 Å². The van der Waals surface area contributed by atoms with Gasteiger partial charge < -0.3 is 10.1 Å². The summed E-state index contributed by atoms with van der Waals surface area (Å²) in [6, 6.07) is 7.86. The van der Waals surface area contributed by atoms with Gasteiger partial charge in [-0.15, -0.1) is 0 Å². The summed E-state index contributed by atoms with van der Waals surface area (Å²) in [7, 11) is 1.65. The summed E-state index contributed by atoms with van der Waals surface area (Å²) in [5.41, 5.74) is 2.09. The van der Waals surface area contributed by atoms with E-state index in [4.69, 9.17) is 4.74 Å². The highest BCUT2D eigenvalue weighted by molar-refractivity contribution is 5.96. The number of carbonyl (C=O) groups excluding carboxylic acids is 1. The van der Waals surface area contributed by atoms with Crippen molar-refractivity contribution in [3.05, 3.63) is 35.4 Å². The van der Waals surface area contributed by atoms with Crippen LogP contribution in [0.5, 0.6) is 0 Å². The lowest BCUT2D eigenvalue weighted by molar-refractivity contribution is 0.0963. The standard InChI is InChI=1S/C16H25NO2/c1-16(2,3)17-12-13-7-9-14(10-8-13)15(18)6-5-11-19-4/h7-10,17H,5-6,11-12H2,1-4H3. The lowest BCUT2D eigenvalue weighted by Gasteiger charge is -2.20. The van der Waals surface area contributed by atoms with Crippen LogP contribution >= 0.6 is 0 Å². The summed E-state index contributed by atoms with van der Waals surface area (Å²) in [4.78, 5) is 11.9. The lowest BCUT2D eigenvalue weighted by atomic mass is 10.0. The van der Waals surface area contributed by atoms with Gasteiger partial charge in [0.05, 0.1) is 0 Å². The van der Waals surface area contributed by atoms with Gasteiger partial charge in [0, 0.05) is 37.8 Å². The molecule has 0 radical (unpaired) electrons. The topological polar surface area (TPSA) is 38.3 Å². The van der Waals surface area contributed by atoms with E-state index in [1.165, 1.54) is 5.56 Å². The summed E-state index contributed by atoms with van der Waals surface area (Å²) in [5, 5.41) is 3.43. The minimum atomic E-state index is 0.106. The second kappa shape index (κ2) is 7.41. The van der Waals surface area contributed by atoms with Crippen molar-refractivity contribution >= 4 is 5.78 Å². The minimum absolute atomic E-state index is 0.106. The smallest absolute Gasteiger partial charge is 0.162 e. The molecule has 0 spiro atoms. The van der Waals surface area contributed by atoms with E-state index >= 15 is 0 Å². The molecule has 0 aromatic heterocycles. The Bertz CT molecular complexity index is 390. The molecule has 3 heteroatoms. The fraction of sp³-hybridized carbons (Fsp3) is 0.562. The third-order valence-corrected chi connectivity index (χ3v) is 2.85. The molecule has 0 atom stereocenters. The summed E-state index contributed by atoms with van der Waals surface area (Å²) in [5.74, 6) is 0.187. The van der Waals surface area contributed by atoms with Crippen molar-refractivity contribution in [2.75, 3.05) is 13.7 Å². The number of benzene rings is 1. The predicted molar refractivity (Wildman–Crippen MR) is 78.5 cm³/mol. The Morgan fingerprint density at radius 2 is 1.84 bits per heavy atom. The number of hydrogen-bond donors (Lipinski definition) is 1. The average molecular weight is 263 g/mol. The molecule has 106 valence electrons. The van der Waals surface area contributed by atoms with E-state index in [-0.39, 0.29) is 11.3 Å². The van der Waals surface area contributed by atoms with E-state index in [2.05, 4.69) is 26.1 Å². The summed E-state index contributed by atoms with van der Waals surface area (Å²) >= 11 is 0. The third kappa shape index (κ3) is 6.50. The Labute approximate surface area is 116 Å². The molecule has 0 unspecified atom stereocenters. The Morgan fingerprint density at radius 1 is 1.21 bits per heavy atom. The van der Waals surface area contributed by atoms with Gasteiger partial charge in [-0.05, 0) is 32.8 Å². The molecule has 1 aromatic carbocycles. The van der Waals surface area contributed by atoms with Gasteiger partial charge in [0.1, 0.15) is 0 Å². The molecular formula is C16H25NO2. The number of carbonyl (C=O) groups is 1. The number of methoxy groups -OCH3 is 1. The zero-order valence-electron chi connectivity index (χ0n) is 12.5. The van der Waals surface area contributed by atoms with Crippen molar-refractivity contribution in [2.24, 2.45) is 0 Å². The first kappa shape index (κ1) is 15.9. The Kier molecular flexibility index (Phi) is 6.19. The monoisotopic (exact) mass is 263 g/mol. The Morgan fingerprint density at radius 3 is 2.37 bits per heavy atom. The molecule has 0 aliphatic rings. The van der Waals surface area contributed by atoms with Gasteiger partial charge in [0.25, 0.3) is 0 Å². The van der Waals surface area contributed by atoms with Crippen LogP contribution in [0.3, 0.4) is 0 Å². The fourth-order valence-electron chi connectivity index (χ4n) is 1.70. The highest BCUT2D eigenvalue weighted by atomic mass is 16.5. The van der Waals surface area contributed by atoms with E-state index in [9.17, 15) is 4.79 Å². The quantitative estimate of drug-likeness (QED) is 0.606. The van der Waals surface area contributed by atoms with E-state index < -0.39 is 0 Å². The molecule has 0 aliphatic carbocycles. The van der Waals surface area contributed by atoms with Crippen molar-refractivity contribution in [3.8, 4) is 0 Å². The van der Waals surface area contributed by atoms with Crippen LogP contribution in [0, 0.1) is 0 Å². The van der Waals surface area contributed by atoms with Gasteiger partial charge in [-0.1, -0.05) is 24.3 Å². The molecule has 0 aliphatic heterocycles. The molecule has 3 nitrogen and oxygen atoms in total. The van der Waals surface area contributed by atoms with Crippen molar-refractivity contribution in [1.29, 1.82) is 0 Å². The molecule has 19 heavy (non-hydrogen) atoms. The molecule has 1 N–H and O–H groups in total. The molecule has 0 saturated carbocycles. The van der Waals surface area contributed by atoms with Crippen LogP contribution in [0.2, 0.25) is 0 Å². The van der Waals surface area contributed by atoms with Crippen LogP contribution in [0.4, 0.5) is 0 Å². The maximum atomic E-state index is 11.9. The first-order valence-electron chi connectivity index (χ1n) is 6.78.